The number of allylic oxidation sites excluding steroid dienone is 3. The Morgan fingerprint density at radius 2 is 1.80 bits per heavy atom. The molecule has 0 spiro atoms. The van der Waals surface area contributed by atoms with Crippen LogP contribution < -0.4 is 11.5 Å². The van der Waals surface area contributed by atoms with E-state index in [1.165, 1.54) is 0 Å². The first kappa shape index (κ1) is 11.9. The summed E-state index contributed by atoms with van der Waals surface area (Å²) < 4.78 is 0. The topological polar surface area (TPSA) is 58.5 Å². The van der Waals surface area contributed by atoms with Crippen LogP contribution in [-0.4, -0.2) is 43.0 Å². The molecule has 1 aliphatic rings. The van der Waals surface area contributed by atoms with Crippen LogP contribution in [0.1, 0.15) is 13.3 Å². The van der Waals surface area contributed by atoms with Gasteiger partial charge in [-0.15, -0.1) is 0 Å². The minimum absolute atomic E-state index is 0.782. The van der Waals surface area contributed by atoms with Gasteiger partial charge in [-0.25, -0.2) is 0 Å². The van der Waals surface area contributed by atoms with Crippen molar-refractivity contribution < 1.29 is 0 Å². The second-order valence-corrected chi connectivity index (χ2v) is 4.15. The second-order valence-electron chi connectivity index (χ2n) is 4.15. The van der Waals surface area contributed by atoms with E-state index < -0.39 is 0 Å². The molecule has 1 heterocycles. The summed E-state index contributed by atoms with van der Waals surface area (Å²) in [5.41, 5.74) is 12.3. The van der Waals surface area contributed by atoms with Gasteiger partial charge in [-0.05, 0) is 39.1 Å². The SMILES string of the molecule is C/C(N)=C/C=C(\N)N1CCCN(C)CC1. The van der Waals surface area contributed by atoms with Crippen molar-refractivity contribution in [3.63, 3.8) is 0 Å². The summed E-state index contributed by atoms with van der Waals surface area (Å²) in [6.07, 6.45) is 4.90. The average molecular weight is 210 g/mol. The van der Waals surface area contributed by atoms with Crippen LogP contribution in [0.15, 0.2) is 23.7 Å². The van der Waals surface area contributed by atoms with Crippen molar-refractivity contribution in [3.8, 4) is 0 Å². The van der Waals surface area contributed by atoms with Crippen molar-refractivity contribution in [1.82, 2.24) is 9.80 Å². The van der Waals surface area contributed by atoms with Gasteiger partial charge in [0.25, 0.3) is 0 Å². The molecule has 0 aliphatic carbocycles. The smallest absolute Gasteiger partial charge is 0.0987 e. The van der Waals surface area contributed by atoms with E-state index in [0.29, 0.717) is 0 Å². The molecule has 4 heteroatoms. The van der Waals surface area contributed by atoms with Gasteiger partial charge in [0.1, 0.15) is 0 Å². The third-order valence-corrected chi connectivity index (χ3v) is 2.60. The zero-order valence-corrected chi connectivity index (χ0v) is 9.74. The number of hydrogen-bond donors (Lipinski definition) is 2. The van der Waals surface area contributed by atoms with E-state index in [9.17, 15) is 0 Å². The largest absolute Gasteiger partial charge is 0.402 e. The lowest BCUT2D eigenvalue weighted by Crippen LogP contribution is -2.31. The van der Waals surface area contributed by atoms with E-state index in [2.05, 4.69) is 16.8 Å². The third-order valence-electron chi connectivity index (χ3n) is 2.60. The molecule has 1 aliphatic heterocycles. The predicted octanol–water partition coefficient (Wildman–Crippen LogP) is 0.287. The molecule has 86 valence electrons. The van der Waals surface area contributed by atoms with E-state index in [1.807, 2.05) is 19.1 Å². The molecule has 0 aromatic carbocycles. The van der Waals surface area contributed by atoms with E-state index in [0.717, 1.165) is 44.1 Å². The highest BCUT2D eigenvalue weighted by Crippen LogP contribution is 2.05. The first-order valence-corrected chi connectivity index (χ1v) is 5.42. The molecule has 4 nitrogen and oxygen atoms in total. The Kier molecular flexibility index (Phi) is 4.49. The Balaban J connectivity index is 2.55. The number of nitrogens with zero attached hydrogens (tertiary/aromatic N) is 2. The Morgan fingerprint density at radius 3 is 2.47 bits per heavy atom. The fourth-order valence-electron chi connectivity index (χ4n) is 1.63. The summed E-state index contributed by atoms with van der Waals surface area (Å²) in [5.74, 6) is 0.815. The van der Waals surface area contributed by atoms with Crippen molar-refractivity contribution in [2.24, 2.45) is 11.5 Å². The summed E-state index contributed by atoms with van der Waals surface area (Å²) in [4.78, 5) is 4.54. The van der Waals surface area contributed by atoms with E-state index in [1.54, 1.807) is 0 Å². The Morgan fingerprint density at radius 1 is 1.07 bits per heavy atom. The maximum absolute atomic E-state index is 5.98. The summed E-state index contributed by atoms with van der Waals surface area (Å²) in [5, 5.41) is 0. The van der Waals surface area contributed by atoms with Crippen molar-refractivity contribution in [2.45, 2.75) is 13.3 Å². The molecule has 0 atom stereocenters. The van der Waals surface area contributed by atoms with Gasteiger partial charge in [0.2, 0.25) is 0 Å². The Labute approximate surface area is 92.2 Å². The maximum atomic E-state index is 5.98. The molecule has 15 heavy (non-hydrogen) atoms. The summed E-state index contributed by atoms with van der Waals surface area (Å²) >= 11 is 0. The molecule has 1 saturated heterocycles. The van der Waals surface area contributed by atoms with Gasteiger partial charge in [0, 0.05) is 25.3 Å². The monoisotopic (exact) mass is 210 g/mol. The third kappa shape index (κ3) is 4.25. The normalized spacial score (nSPS) is 21.6. The van der Waals surface area contributed by atoms with E-state index >= 15 is 0 Å². The van der Waals surface area contributed by atoms with Crippen LogP contribution in [0.2, 0.25) is 0 Å². The molecule has 0 aromatic heterocycles. The first-order chi connectivity index (χ1) is 7.09. The lowest BCUT2D eigenvalue weighted by molar-refractivity contribution is 0.324. The van der Waals surface area contributed by atoms with Crippen molar-refractivity contribution in [3.05, 3.63) is 23.7 Å². The van der Waals surface area contributed by atoms with Gasteiger partial charge < -0.3 is 21.3 Å². The number of hydrogen-bond acceptors (Lipinski definition) is 4. The average Bonchev–Trinajstić information content (AvgIpc) is 2.39. The highest BCUT2D eigenvalue weighted by Gasteiger charge is 2.11. The molecule has 0 amide bonds. The first-order valence-electron chi connectivity index (χ1n) is 5.42. The molecule has 0 saturated carbocycles. The van der Waals surface area contributed by atoms with E-state index in [-0.39, 0.29) is 0 Å². The maximum Gasteiger partial charge on any atom is 0.0987 e. The van der Waals surface area contributed by atoms with Crippen LogP contribution in [0.4, 0.5) is 0 Å². The standard InChI is InChI=1S/C11H22N4/c1-10(12)4-5-11(13)15-7-3-6-14(2)8-9-15/h4-5H,3,6-9,12-13H2,1-2H3/b10-4-,11-5+. The van der Waals surface area contributed by atoms with Crippen LogP contribution in [0.3, 0.4) is 0 Å². The van der Waals surface area contributed by atoms with Gasteiger partial charge >= 0.3 is 0 Å². The molecule has 0 aromatic rings. The van der Waals surface area contributed by atoms with Gasteiger partial charge in [-0.1, -0.05) is 0 Å². The fraction of sp³-hybridized carbons (Fsp3) is 0.636. The highest BCUT2D eigenvalue weighted by molar-refractivity contribution is 5.12. The fourth-order valence-corrected chi connectivity index (χ4v) is 1.63. The minimum atomic E-state index is 0.782. The molecule has 0 unspecified atom stereocenters. The molecule has 1 rings (SSSR count). The molecule has 0 radical (unpaired) electrons. The second kappa shape index (κ2) is 5.66. The Bertz CT molecular complexity index is 253. The van der Waals surface area contributed by atoms with Gasteiger partial charge in [0.15, 0.2) is 0 Å². The molecule has 1 fully saturated rings. The van der Waals surface area contributed by atoms with Crippen LogP contribution >= 0.6 is 0 Å². The quantitative estimate of drug-likeness (QED) is 0.643. The predicted molar refractivity (Wildman–Crippen MR) is 63.9 cm³/mol. The molecular formula is C11H22N4. The zero-order chi connectivity index (χ0) is 11.3. The van der Waals surface area contributed by atoms with Crippen LogP contribution in [-0.2, 0) is 0 Å². The van der Waals surface area contributed by atoms with Gasteiger partial charge in [0.05, 0.1) is 5.82 Å². The lowest BCUT2D eigenvalue weighted by Gasteiger charge is -2.22. The molecular weight excluding hydrogens is 188 g/mol. The molecule has 0 bridgehead atoms. The van der Waals surface area contributed by atoms with E-state index in [4.69, 9.17) is 11.5 Å². The van der Waals surface area contributed by atoms with Crippen LogP contribution in [0.25, 0.3) is 0 Å². The summed E-state index contributed by atoms with van der Waals surface area (Å²) in [6.45, 7) is 6.11. The highest BCUT2D eigenvalue weighted by atomic mass is 15.2. The van der Waals surface area contributed by atoms with Gasteiger partial charge in [-0.2, -0.15) is 0 Å². The van der Waals surface area contributed by atoms with Crippen molar-refractivity contribution >= 4 is 0 Å². The minimum Gasteiger partial charge on any atom is -0.402 e. The van der Waals surface area contributed by atoms with Crippen molar-refractivity contribution in [2.75, 3.05) is 33.2 Å². The zero-order valence-electron chi connectivity index (χ0n) is 9.74. The number of nitrogens with two attached hydrogens (primary N) is 2. The Hall–Kier alpha value is -1.16. The van der Waals surface area contributed by atoms with Crippen LogP contribution in [0, 0.1) is 0 Å². The number of rotatable bonds is 2. The number of likely N-dealkylation sites (N-methyl/N-ethyl adjacent to an activating group) is 1. The molecule has 4 N–H and O–H groups in total. The summed E-state index contributed by atoms with van der Waals surface area (Å²) in [6, 6.07) is 0. The lowest BCUT2D eigenvalue weighted by atomic mass is 10.3. The van der Waals surface area contributed by atoms with Gasteiger partial charge in [-0.3, -0.25) is 0 Å². The van der Waals surface area contributed by atoms with Crippen LogP contribution in [0.5, 0.6) is 0 Å². The summed E-state index contributed by atoms with van der Waals surface area (Å²) in [7, 11) is 2.15. The van der Waals surface area contributed by atoms with Crippen molar-refractivity contribution in [1.29, 1.82) is 0 Å².